The van der Waals surface area contributed by atoms with Crippen molar-refractivity contribution in [1.29, 1.82) is 0 Å². The first-order valence-electron chi connectivity index (χ1n) is 25.4. The summed E-state index contributed by atoms with van der Waals surface area (Å²) in [5.74, 6) is 1.13. The van der Waals surface area contributed by atoms with Gasteiger partial charge in [-0.05, 0) is 145 Å². The van der Waals surface area contributed by atoms with Crippen molar-refractivity contribution in [3.05, 3.63) is 100 Å². The predicted octanol–water partition coefficient (Wildman–Crippen LogP) is 8.86. The molecule has 6 heterocycles. The zero-order chi connectivity index (χ0) is 49.4. The van der Waals surface area contributed by atoms with Crippen LogP contribution in [0.25, 0.3) is 11.0 Å². The van der Waals surface area contributed by atoms with E-state index in [-0.39, 0.29) is 29.3 Å². The van der Waals surface area contributed by atoms with E-state index in [1.165, 1.54) is 30.5 Å². The fraction of sp³-hybridized carbons (Fsp3) is 0.509. The van der Waals surface area contributed by atoms with Gasteiger partial charge in [0, 0.05) is 67.7 Å². The highest BCUT2D eigenvalue weighted by Gasteiger charge is 2.42. The highest BCUT2D eigenvalue weighted by molar-refractivity contribution is 7.90. The number of sulfonamides is 1. The third-order valence-electron chi connectivity index (χ3n) is 15.3. The van der Waals surface area contributed by atoms with Gasteiger partial charge in [0.05, 0.1) is 45.4 Å². The predicted molar refractivity (Wildman–Crippen MR) is 272 cm³/mol. The van der Waals surface area contributed by atoms with Crippen LogP contribution >= 0.6 is 0 Å². The molecular weight excluding hydrogens is 925 g/mol. The number of aliphatic hydroxyl groups is 1. The Morgan fingerprint density at radius 1 is 0.972 bits per heavy atom. The molecule has 0 bridgehead atoms. The largest absolute Gasteiger partial charge is 0.491 e. The lowest BCUT2D eigenvalue weighted by Crippen LogP contribution is -2.53. The topological polar surface area (TPSA) is 205 Å². The molecule has 2 aromatic heterocycles. The molecule has 3 saturated heterocycles. The van der Waals surface area contributed by atoms with E-state index in [9.17, 15) is 28.4 Å². The van der Waals surface area contributed by atoms with E-state index in [0.717, 1.165) is 81.2 Å². The second-order valence-electron chi connectivity index (χ2n) is 20.7. The number of aromatic amines is 1. The van der Waals surface area contributed by atoms with Gasteiger partial charge in [0.1, 0.15) is 28.9 Å². The second-order valence-corrected chi connectivity index (χ2v) is 22.4. The van der Waals surface area contributed by atoms with Crippen molar-refractivity contribution in [3.63, 3.8) is 0 Å². The molecule has 5 aliphatic rings. The van der Waals surface area contributed by atoms with Gasteiger partial charge in [-0.2, -0.15) is 4.98 Å². The van der Waals surface area contributed by atoms with E-state index in [1.807, 2.05) is 31.2 Å². The molecule has 0 unspecified atom stereocenters. The molecule has 378 valence electrons. The number of likely N-dealkylation sites (tertiary alicyclic amines) is 1. The molecule has 0 radical (unpaired) electrons. The van der Waals surface area contributed by atoms with Crippen LogP contribution in [0.3, 0.4) is 0 Å². The zero-order valence-corrected chi connectivity index (χ0v) is 41.7. The van der Waals surface area contributed by atoms with Gasteiger partial charge in [-0.3, -0.25) is 19.8 Å². The van der Waals surface area contributed by atoms with Crippen LogP contribution in [-0.4, -0.2) is 109 Å². The monoisotopic (exact) mass is 990 g/mol. The molecule has 4 N–H and O–H groups in total. The third kappa shape index (κ3) is 10.5. The number of para-hydroxylation sites is 1. The number of nitrogens with one attached hydrogen (secondary N) is 3. The molecule has 10 rings (SSSR count). The van der Waals surface area contributed by atoms with Crippen molar-refractivity contribution >= 4 is 55.4 Å². The van der Waals surface area contributed by atoms with Crippen molar-refractivity contribution in [2.75, 3.05) is 61.1 Å². The number of nitrogens with zero attached hydrogens (tertiary/aromatic N) is 5. The fourth-order valence-electron chi connectivity index (χ4n) is 11.4. The van der Waals surface area contributed by atoms with E-state index in [2.05, 4.69) is 67.8 Å². The quantitative estimate of drug-likeness (QED) is 0.0606. The summed E-state index contributed by atoms with van der Waals surface area (Å²) in [5.41, 5.74) is 3.08. The van der Waals surface area contributed by atoms with Gasteiger partial charge in [0.25, 0.3) is 21.6 Å². The van der Waals surface area contributed by atoms with Crippen LogP contribution in [0.2, 0.25) is 0 Å². The average molecular weight is 991 g/mol. The van der Waals surface area contributed by atoms with Crippen molar-refractivity contribution in [3.8, 4) is 11.6 Å². The lowest BCUT2D eigenvalue weighted by atomic mass is 9.80. The maximum Gasteiger partial charge on any atom is 0.293 e. The van der Waals surface area contributed by atoms with Gasteiger partial charge in [-0.15, -0.1) is 0 Å². The lowest BCUT2D eigenvalue weighted by Gasteiger charge is -2.45. The number of amides is 1. The molecule has 17 nitrogen and oxygen atoms in total. The molecule has 4 fully saturated rings. The summed E-state index contributed by atoms with van der Waals surface area (Å²) in [5, 5.41) is 26.7. The number of ether oxygens (including phenoxy) is 3. The molecule has 4 aliphatic heterocycles. The Morgan fingerprint density at radius 2 is 1.77 bits per heavy atom. The van der Waals surface area contributed by atoms with Gasteiger partial charge in [0.15, 0.2) is 0 Å². The van der Waals surface area contributed by atoms with E-state index in [4.69, 9.17) is 19.2 Å². The van der Waals surface area contributed by atoms with Crippen molar-refractivity contribution in [1.82, 2.24) is 19.6 Å². The number of carbonyl (C=O) groups excluding carboxylic acids is 1. The number of nitro groups is 1. The standard InChI is InChI=1S/C53H66N8O9S/c1-34(2)69-48-10-5-4-8-40(48)43-9-6-7-24-59(43)32-36-18-25-58(26-19-36)38-11-13-41(45(29-38)60-44-20-27-68-33-49(44)70-52-47(60)28-37-17-23-54-50(37)56-52)51(62)57-71(66,67)39-12-14-42(46(30-39)61(64)65)55-31-35-15-21-53(3,63)22-16-35/h4-5,8,10-14,17,23,28-30,34-36,43-44,49,55,63H,6-7,9,15-16,18-22,24-27,31-33H2,1-3H3,(H,54,56)(H,57,62)/t35?,43-,44+,49+,53?/m1/s1. The SMILES string of the molecule is CC(C)Oc1ccccc1[C@H]1CCCCN1CC1CCN(c2ccc(C(=O)NS(=O)(=O)c3ccc(NCC4CCC(C)(O)CC4)c([N+](=O)[O-])c3)c(N3c4cc5cc[nH]c5nc4O[C@H]4COCC[C@@H]43)c2)CC1. The molecule has 0 spiro atoms. The van der Waals surface area contributed by atoms with E-state index < -0.39 is 43.1 Å². The summed E-state index contributed by atoms with van der Waals surface area (Å²) in [7, 11) is -4.62. The Bertz CT molecular complexity index is 2860. The Kier molecular flexibility index (Phi) is 13.9. The number of nitro benzene ring substituents is 1. The number of aromatic nitrogens is 2. The second kappa shape index (κ2) is 20.3. The van der Waals surface area contributed by atoms with Crippen LogP contribution in [0.1, 0.15) is 107 Å². The Balaban J connectivity index is 0.925. The summed E-state index contributed by atoms with van der Waals surface area (Å²) < 4.78 is 49.3. The van der Waals surface area contributed by atoms with E-state index in [0.29, 0.717) is 73.9 Å². The van der Waals surface area contributed by atoms with Crippen LogP contribution in [0.5, 0.6) is 11.6 Å². The summed E-state index contributed by atoms with van der Waals surface area (Å²) in [6, 6.07) is 21.6. The summed E-state index contributed by atoms with van der Waals surface area (Å²) >= 11 is 0. The lowest BCUT2D eigenvalue weighted by molar-refractivity contribution is -0.384. The number of rotatable bonds is 14. The van der Waals surface area contributed by atoms with E-state index in [1.54, 1.807) is 12.3 Å². The maximum absolute atomic E-state index is 14.7. The third-order valence-corrected chi connectivity index (χ3v) is 16.6. The number of pyridine rings is 1. The van der Waals surface area contributed by atoms with Gasteiger partial charge in [0.2, 0.25) is 5.88 Å². The number of carbonyl (C=O) groups is 1. The van der Waals surface area contributed by atoms with Crippen LogP contribution in [0, 0.1) is 22.0 Å². The van der Waals surface area contributed by atoms with Crippen LogP contribution < -0.4 is 29.3 Å². The molecule has 18 heteroatoms. The Morgan fingerprint density at radius 3 is 2.56 bits per heavy atom. The summed E-state index contributed by atoms with van der Waals surface area (Å²) in [6.07, 6.45) is 10.2. The van der Waals surface area contributed by atoms with Crippen LogP contribution in [0.15, 0.2) is 83.9 Å². The molecule has 1 saturated carbocycles. The number of anilines is 4. The van der Waals surface area contributed by atoms with Gasteiger partial charge >= 0.3 is 0 Å². The van der Waals surface area contributed by atoms with Crippen LogP contribution in [0.4, 0.5) is 28.4 Å². The maximum atomic E-state index is 14.7. The molecule has 3 aromatic carbocycles. The zero-order valence-electron chi connectivity index (χ0n) is 40.8. The van der Waals surface area contributed by atoms with Crippen molar-refractivity contribution in [2.24, 2.45) is 11.8 Å². The molecule has 5 aromatic rings. The molecule has 71 heavy (non-hydrogen) atoms. The summed E-state index contributed by atoms with van der Waals surface area (Å²) in [6.45, 7) is 10.8. The number of piperidine rings is 2. The summed E-state index contributed by atoms with van der Waals surface area (Å²) in [4.78, 5) is 41.1. The minimum absolute atomic E-state index is 0.0909. The van der Waals surface area contributed by atoms with Gasteiger partial charge in [-0.25, -0.2) is 13.1 Å². The average Bonchev–Trinajstić information content (AvgIpc) is 3.82. The minimum atomic E-state index is -4.62. The number of benzene rings is 3. The number of hydrogen-bond donors (Lipinski definition) is 4. The number of fused-ring (bicyclic) bond motifs is 3. The molecule has 3 atom stereocenters. The van der Waals surface area contributed by atoms with Crippen molar-refractivity contribution in [2.45, 2.75) is 120 Å². The molecule has 1 amide bonds. The normalized spacial score (nSPS) is 24.2. The first-order chi connectivity index (χ1) is 34.2. The van der Waals surface area contributed by atoms with E-state index >= 15 is 0 Å². The van der Waals surface area contributed by atoms with Crippen molar-refractivity contribution < 1.29 is 37.5 Å². The fourth-order valence-corrected chi connectivity index (χ4v) is 12.4. The first kappa shape index (κ1) is 48.7. The Labute approximate surface area is 415 Å². The van der Waals surface area contributed by atoms with Gasteiger partial charge in [-0.1, -0.05) is 24.6 Å². The minimum Gasteiger partial charge on any atom is -0.491 e. The molecular formula is C53H66N8O9S. The van der Waals surface area contributed by atoms with Gasteiger partial charge < -0.3 is 39.4 Å². The Hall–Kier alpha value is -5.95. The van der Waals surface area contributed by atoms with Crippen LogP contribution in [-0.2, 0) is 14.8 Å². The number of hydrogen-bond acceptors (Lipinski definition) is 14. The number of H-pyrrole nitrogens is 1. The highest BCUT2D eigenvalue weighted by atomic mass is 32.2. The first-order valence-corrected chi connectivity index (χ1v) is 26.9. The highest BCUT2D eigenvalue weighted by Crippen LogP contribution is 2.46. The molecule has 1 aliphatic carbocycles. The smallest absolute Gasteiger partial charge is 0.293 e.